The van der Waals surface area contributed by atoms with Crippen molar-refractivity contribution in [2.75, 3.05) is 26.2 Å². The van der Waals surface area contributed by atoms with Gasteiger partial charge in [0, 0.05) is 67.0 Å². The van der Waals surface area contributed by atoms with Gasteiger partial charge in [-0.05, 0) is 70.5 Å². The van der Waals surface area contributed by atoms with E-state index in [1.807, 2.05) is 32.6 Å². The van der Waals surface area contributed by atoms with Gasteiger partial charge in [0.15, 0.2) is 0 Å². The third-order valence-corrected chi connectivity index (χ3v) is 7.38. The molecule has 0 radical (unpaired) electrons. The molecule has 2 heterocycles. The molecule has 2 aromatic carbocycles. The van der Waals surface area contributed by atoms with Gasteiger partial charge < -0.3 is 14.8 Å². The van der Waals surface area contributed by atoms with Gasteiger partial charge in [-0.2, -0.15) is 0 Å². The molecule has 1 aromatic heterocycles. The van der Waals surface area contributed by atoms with Crippen LogP contribution in [0.15, 0.2) is 42.5 Å². The number of ketones is 1. The smallest absolute Gasteiger partial charge is 0.294 e. The highest BCUT2D eigenvalue weighted by molar-refractivity contribution is 6.43. The van der Waals surface area contributed by atoms with Gasteiger partial charge in [-0.3, -0.25) is 19.3 Å². The number of nitrogens with one attached hydrogen (secondary N) is 1. The van der Waals surface area contributed by atoms with Crippen molar-refractivity contribution in [3.05, 3.63) is 70.7 Å². The van der Waals surface area contributed by atoms with Crippen LogP contribution >= 0.6 is 0 Å². The van der Waals surface area contributed by atoms with Gasteiger partial charge in [-0.1, -0.05) is 12.1 Å². The Labute approximate surface area is 217 Å². The molecule has 8 heteroatoms. The number of likely N-dealkylation sites (N-methyl/N-ethyl adjacent to an activating group) is 1. The Balaban J connectivity index is 1.57. The molecule has 1 aliphatic heterocycles. The van der Waals surface area contributed by atoms with E-state index in [1.54, 1.807) is 30.3 Å². The lowest BCUT2D eigenvalue weighted by Crippen LogP contribution is -2.57. The predicted octanol–water partition coefficient (Wildman–Crippen LogP) is 4.40. The molecule has 7 nitrogen and oxygen atoms in total. The highest BCUT2D eigenvalue weighted by atomic mass is 19.1. The Kier molecular flexibility index (Phi) is 7.78. The number of halogens is 1. The minimum Gasteiger partial charge on any atom is -0.358 e. The molecule has 2 atom stereocenters. The lowest BCUT2D eigenvalue weighted by Gasteiger charge is -2.44. The molecule has 1 saturated heterocycles. The van der Waals surface area contributed by atoms with Crippen molar-refractivity contribution >= 4 is 28.5 Å². The molecule has 0 saturated carbocycles. The van der Waals surface area contributed by atoms with Crippen molar-refractivity contribution in [2.24, 2.45) is 0 Å². The van der Waals surface area contributed by atoms with Crippen LogP contribution in [0.1, 0.15) is 59.7 Å². The van der Waals surface area contributed by atoms with E-state index in [-0.39, 0.29) is 29.4 Å². The molecule has 4 rings (SSSR count). The maximum Gasteiger partial charge on any atom is 0.294 e. The number of aryl methyl sites for hydroxylation is 1. The fourth-order valence-corrected chi connectivity index (χ4v) is 5.19. The summed E-state index contributed by atoms with van der Waals surface area (Å²) in [6, 6.07) is 11.7. The number of H-pyrrole nitrogens is 1. The van der Waals surface area contributed by atoms with Gasteiger partial charge in [0.05, 0.1) is 5.56 Å². The normalized spacial score (nSPS) is 18.3. The summed E-state index contributed by atoms with van der Waals surface area (Å²) in [5.74, 6) is -1.45. The van der Waals surface area contributed by atoms with Crippen LogP contribution in [0.3, 0.4) is 0 Å². The average molecular weight is 507 g/mol. The number of carbonyl (C=O) groups is 3. The van der Waals surface area contributed by atoms with Gasteiger partial charge >= 0.3 is 0 Å². The second-order valence-corrected chi connectivity index (χ2v) is 9.90. The third-order valence-electron chi connectivity index (χ3n) is 7.38. The lowest BCUT2D eigenvalue weighted by atomic mass is 10.0. The Morgan fingerprint density at radius 2 is 1.68 bits per heavy atom. The quantitative estimate of drug-likeness (QED) is 0.381. The monoisotopic (exact) mass is 506 g/mol. The number of aromatic nitrogens is 1. The number of amides is 2. The second-order valence-electron chi connectivity index (χ2n) is 9.90. The van der Waals surface area contributed by atoms with Crippen molar-refractivity contribution in [1.29, 1.82) is 0 Å². The van der Waals surface area contributed by atoms with Crippen LogP contribution in [0.2, 0.25) is 0 Å². The highest BCUT2D eigenvalue weighted by Crippen LogP contribution is 2.28. The molecule has 1 aliphatic rings. The van der Waals surface area contributed by atoms with Gasteiger partial charge in [0.1, 0.15) is 5.82 Å². The Hall–Kier alpha value is -3.52. The fourth-order valence-electron chi connectivity index (χ4n) is 5.19. The molecule has 1 fully saturated rings. The number of carbonyl (C=O) groups excluding carboxylic acids is 3. The summed E-state index contributed by atoms with van der Waals surface area (Å²) < 4.78 is 13.3. The van der Waals surface area contributed by atoms with Crippen molar-refractivity contribution < 1.29 is 18.8 Å². The molecule has 37 heavy (non-hydrogen) atoms. The Morgan fingerprint density at radius 3 is 2.32 bits per heavy atom. The molecule has 0 aliphatic carbocycles. The number of benzene rings is 2. The van der Waals surface area contributed by atoms with Crippen LogP contribution in [0, 0.1) is 12.7 Å². The third kappa shape index (κ3) is 5.30. The number of hydrogen-bond acceptors (Lipinski definition) is 4. The van der Waals surface area contributed by atoms with Crippen LogP contribution in [-0.4, -0.2) is 75.5 Å². The first kappa shape index (κ1) is 26.5. The summed E-state index contributed by atoms with van der Waals surface area (Å²) in [6.45, 7) is 12.5. The lowest BCUT2D eigenvalue weighted by molar-refractivity contribution is -0.126. The first-order valence-electron chi connectivity index (χ1n) is 12.9. The topological polar surface area (TPSA) is 76.7 Å². The summed E-state index contributed by atoms with van der Waals surface area (Å²) in [4.78, 5) is 48.4. The van der Waals surface area contributed by atoms with Crippen molar-refractivity contribution in [2.45, 2.75) is 53.2 Å². The SMILES string of the molecule is CCN(CC)C(=O)C(=O)c1ccc2[nH]c(C)c(C(=O)N3CC(C)N(Cc4ccc(F)cc4)CC3C)c2c1. The minimum atomic E-state index is -0.570. The maximum atomic E-state index is 13.9. The van der Waals surface area contributed by atoms with Crippen LogP contribution < -0.4 is 0 Å². The number of rotatable bonds is 7. The van der Waals surface area contributed by atoms with E-state index < -0.39 is 11.7 Å². The maximum absolute atomic E-state index is 13.9. The van der Waals surface area contributed by atoms with Gasteiger partial charge in [0.25, 0.3) is 11.8 Å². The highest BCUT2D eigenvalue weighted by Gasteiger charge is 2.34. The van der Waals surface area contributed by atoms with Crippen LogP contribution in [-0.2, 0) is 11.3 Å². The number of fused-ring (bicyclic) bond motifs is 1. The molecule has 0 bridgehead atoms. The standard InChI is InChI=1S/C29H35FN4O3/c1-6-32(7-2)29(37)27(35)22-10-13-25-24(14-22)26(20(5)31-25)28(36)34-16-18(3)33(15-19(34)4)17-21-8-11-23(30)12-9-21/h8-14,18-19,31H,6-7,15-17H2,1-5H3. The minimum absolute atomic E-state index is 0.0393. The van der Waals surface area contributed by atoms with Crippen LogP contribution in [0.25, 0.3) is 10.9 Å². The zero-order chi connectivity index (χ0) is 26.9. The summed E-state index contributed by atoms with van der Waals surface area (Å²) >= 11 is 0. The van der Waals surface area contributed by atoms with Crippen molar-refractivity contribution in [3.8, 4) is 0 Å². The van der Waals surface area contributed by atoms with Crippen molar-refractivity contribution in [3.63, 3.8) is 0 Å². The zero-order valence-corrected chi connectivity index (χ0v) is 22.2. The molecule has 196 valence electrons. The van der Waals surface area contributed by atoms with Crippen LogP contribution in [0.5, 0.6) is 0 Å². The summed E-state index contributed by atoms with van der Waals surface area (Å²) in [6.07, 6.45) is 0. The van der Waals surface area contributed by atoms with Gasteiger partial charge in [-0.15, -0.1) is 0 Å². The van der Waals surface area contributed by atoms with E-state index in [4.69, 9.17) is 0 Å². The van der Waals surface area contributed by atoms with Crippen molar-refractivity contribution in [1.82, 2.24) is 19.7 Å². The van der Waals surface area contributed by atoms with Crippen LogP contribution in [0.4, 0.5) is 4.39 Å². The number of Topliss-reactive ketones (excluding diaryl/α,β-unsaturated/α-hetero) is 1. The van der Waals surface area contributed by atoms with E-state index in [0.717, 1.165) is 16.8 Å². The number of hydrogen-bond donors (Lipinski definition) is 1. The molecular formula is C29H35FN4O3. The van der Waals surface area contributed by atoms with E-state index in [0.29, 0.717) is 43.7 Å². The first-order chi connectivity index (χ1) is 17.6. The summed E-state index contributed by atoms with van der Waals surface area (Å²) in [5, 5.41) is 0.647. The molecule has 2 unspecified atom stereocenters. The molecular weight excluding hydrogens is 471 g/mol. The Morgan fingerprint density at radius 1 is 1.00 bits per heavy atom. The van der Waals surface area contributed by atoms with E-state index in [2.05, 4.69) is 16.8 Å². The van der Waals surface area contributed by atoms with E-state index >= 15 is 0 Å². The predicted molar refractivity (Wildman–Crippen MR) is 142 cm³/mol. The number of nitrogens with zero attached hydrogens (tertiary/aromatic N) is 3. The summed E-state index contributed by atoms with van der Waals surface area (Å²) in [7, 11) is 0. The van der Waals surface area contributed by atoms with E-state index in [9.17, 15) is 18.8 Å². The number of aromatic amines is 1. The van der Waals surface area contributed by atoms with E-state index in [1.165, 1.54) is 17.0 Å². The Bertz CT molecular complexity index is 1310. The van der Waals surface area contributed by atoms with Gasteiger partial charge in [-0.25, -0.2) is 4.39 Å². The fraction of sp³-hybridized carbons (Fsp3) is 0.414. The number of piperazine rings is 1. The second kappa shape index (κ2) is 10.8. The average Bonchev–Trinajstić information content (AvgIpc) is 3.21. The largest absolute Gasteiger partial charge is 0.358 e. The zero-order valence-electron chi connectivity index (χ0n) is 22.2. The molecule has 0 spiro atoms. The molecule has 3 aromatic rings. The molecule has 2 amide bonds. The first-order valence-corrected chi connectivity index (χ1v) is 12.9. The van der Waals surface area contributed by atoms with Gasteiger partial charge in [0.2, 0.25) is 5.78 Å². The summed E-state index contributed by atoms with van der Waals surface area (Å²) in [5.41, 5.74) is 3.33. The molecule has 1 N–H and O–H groups in total.